The number of fused-ring (bicyclic) bond motifs is 1. The van der Waals surface area contributed by atoms with Crippen LogP contribution in [0.5, 0.6) is 0 Å². The molecular formula is C24H37N5O2. The molecule has 0 saturated carbocycles. The third-order valence-corrected chi connectivity index (χ3v) is 6.95. The minimum atomic E-state index is 0.106. The van der Waals surface area contributed by atoms with E-state index in [4.69, 9.17) is 5.10 Å². The van der Waals surface area contributed by atoms with Crippen LogP contribution in [0.1, 0.15) is 73.1 Å². The van der Waals surface area contributed by atoms with Crippen LogP contribution < -0.4 is 5.32 Å². The summed E-state index contributed by atoms with van der Waals surface area (Å²) < 4.78 is 1.99. The van der Waals surface area contributed by atoms with E-state index in [1.54, 1.807) is 0 Å². The van der Waals surface area contributed by atoms with Crippen molar-refractivity contribution in [2.45, 2.75) is 76.8 Å². The fourth-order valence-electron chi connectivity index (χ4n) is 5.25. The number of aromatic nitrogens is 2. The smallest absolute Gasteiger partial charge is 0.274 e. The van der Waals surface area contributed by atoms with E-state index in [1.807, 2.05) is 20.6 Å². The van der Waals surface area contributed by atoms with Crippen molar-refractivity contribution in [2.75, 3.05) is 32.7 Å². The Hall–Kier alpha value is -2.15. The van der Waals surface area contributed by atoms with Crippen LogP contribution in [-0.4, -0.2) is 70.2 Å². The second-order valence-corrected chi connectivity index (χ2v) is 9.18. The van der Waals surface area contributed by atoms with Crippen molar-refractivity contribution in [2.24, 2.45) is 0 Å². The van der Waals surface area contributed by atoms with Gasteiger partial charge in [0.15, 0.2) is 5.69 Å². The fraction of sp³-hybridized carbons (Fsp3) is 0.708. The number of carbonyl (C=O) groups is 2. The zero-order valence-corrected chi connectivity index (χ0v) is 18.8. The van der Waals surface area contributed by atoms with Gasteiger partial charge in [0, 0.05) is 49.9 Å². The predicted molar refractivity (Wildman–Crippen MR) is 121 cm³/mol. The third kappa shape index (κ3) is 5.20. The number of nitrogens with zero attached hydrogens (tertiary/aromatic N) is 4. The zero-order valence-electron chi connectivity index (χ0n) is 18.8. The van der Waals surface area contributed by atoms with Crippen LogP contribution in [-0.2, 0) is 24.2 Å². The van der Waals surface area contributed by atoms with Gasteiger partial charge in [-0.3, -0.25) is 14.3 Å². The van der Waals surface area contributed by atoms with Crippen molar-refractivity contribution in [3.63, 3.8) is 0 Å². The molecule has 0 spiro atoms. The van der Waals surface area contributed by atoms with E-state index >= 15 is 0 Å². The Labute approximate surface area is 185 Å². The molecule has 1 aromatic rings. The highest BCUT2D eigenvalue weighted by atomic mass is 16.2. The van der Waals surface area contributed by atoms with Crippen LogP contribution >= 0.6 is 0 Å². The third-order valence-electron chi connectivity index (χ3n) is 6.95. The first-order valence-electron chi connectivity index (χ1n) is 12.2. The quantitative estimate of drug-likeness (QED) is 0.511. The Morgan fingerprint density at radius 1 is 1.13 bits per heavy atom. The van der Waals surface area contributed by atoms with Crippen molar-refractivity contribution in [1.29, 1.82) is 0 Å². The summed E-state index contributed by atoms with van der Waals surface area (Å²) in [6, 6.07) is 0.360. The number of rotatable bonds is 8. The summed E-state index contributed by atoms with van der Waals surface area (Å²) in [5, 5.41) is 8.44. The molecule has 0 bridgehead atoms. The maximum absolute atomic E-state index is 13.4. The minimum Gasteiger partial charge on any atom is -0.343 e. The molecule has 170 valence electrons. The van der Waals surface area contributed by atoms with Crippen LogP contribution in [0.25, 0.3) is 0 Å². The first-order chi connectivity index (χ1) is 15.2. The molecule has 7 heteroatoms. The zero-order chi connectivity index (χ0) is 21.6. The summed E-state index contributed by atoms with van der Waals surface area (Å²) in [6.45, 7) is 8.87. The average Bonchev–Trinajstić information content (AvgIpc) is 3.22. The van der Waals surface area contributed by atoms with Gasteiger partial charge in [-0.25, -0.2) is 0 Å². The monoisotopic (exact) mass is 427 g/mol. The minimum absolute atomic E-state index is 0.106. The summed E-state index contributed by atoms with van der Waals surface area (Å²) in [5.74, 6) is 0.405. The molecule has 4 rings (SSSR count). The number of hydrogen-bond acceptors (Lipinski definition) is 4. The molecule has 1 aliphatic carbocycles. The standard InChI is InChI=1S/C24H37N5O2/c1-2-13-29-21-11-10-19(25-12-8-17-27-16-7-9-22(27)30)18-20(21)23(26-29)24(31)28-14-5-3-4-6-15-28/h2,19,25H,1,3-18H2/t19-/m1/s1. The van der Waals surface area contributed by atoms with Crippen LogP contribution in [0.4, 0.5) is 0 Å². The number of likely N-dealkylation sites (tertiary alicyclic amines) is 2. The van der Waals surface area contributed by atoms with Gasteiger partial charge in [-0.15, -0.1) is 6.58 Å². The molecule has 0 unspecified atom stereocenters. The second-order valence-electron chi connectivity index (χ2n) is 9.18. The summed E-state index contributed by atoms with van der Waals surface area (Å²) in [5.41, 5.74) is 3.00. The molecule has 0 radical (unpaired) electrons. The number of nitrogens with one attached hydrogen (secondary N) is 1. The van der Waals surface area contributed by atoms with Crippen LogP contribution in [0, 0.1) is 0 Å². The van der Waals surface area contributed by atoms with E-state index in [-0.39, 0.29) is 5.91 Å². The lowest BCUT2D eigenvalue weighted by atomic mass is 9.91. The Kier molecular flexibility index (Phi) is 7.43. The molecule has 2 aliphatic heterocycles. The van der Waals surface area contributed by atoms with Gasteiger partial charge in [0.1, 0.15) is 0 Å². The summed E-state index contributed by atoms with van der Waals surface area (Å²) in [7, 11) is 0. The van der Waals surface area contributed by atoms with Crippen molar-refractivity contribution < 1.29 is 9.59 Å². The van der Waals surface area contributed by atoms with Gasteiger partial charge in [-0.05, 0) is 51.5 Å². The van der Waals surface area contributed by atoms with Crippen LogP contribution in [0.2, 0.25) is 0 Å². The number of amides is 2. The van der Waals surface area contributed by atoms with E-state index in [1.165, 1.54) is 18.5 Å². The topological polar surface area (TPSA) is 70.5 Å². The highest BCUT2D eigenvalue weighted by Gasteiger charge is 2.31. The first-order valence-corrected chi connectivity index (χ1v) is 12.2. The summed E-state index contributed by atoms with van der Waals surface area (Å²) in [4.78, 5) is 29.1. The fourth-order valence-corrected chi connectivity index (χ4v) is 5.25. The molecule has 3 aliphatic rings. The van der Waals surface area contributed by atoms with Gasteiger partial charge in [-0.2, -0.15) is 5.10 Å². The normalized spacial score (nSPS) is 21.8. The summed E-state index contributed by atoms with van der Waals surface area (Å²) >= 11 is 0. The van der Waals surface area contributed by atoms with Crippen molar-refractivity contribution in [3.8, 4) is 0 Å². The van der Waals surface area contributed by atoms with E-state index < -0.39 is 0 Å². The Bertz CT molecular complexity index is 794. The second kappa shape index (κ2) is 10.4. The van der Waals surface area contributed by atoms with Gasteiger partial charge in [0.2, 0.25) is 5.91 Å². The van der Waals surface area contributed by atoms with Crippen molar-refractivity contribution >= 4 is 11.8 Å². The van der Waals surface area contributed by atoms with Gasteiger partial charge in [0.05, 0.1) is 6.54 Å². The van der Waals surface area contributed by atoms with Crippen LogP contribution in [0.15, 0.2) is 12.7 Å². The van der Waals surface area contributed by atoms with E-state index in [0.717, 1.165) is 83.2 Å². The number of allylic oxidation sites excluding steroid dienone is 1. The maximum Gasteiger partial charge on any atom is 0.274 e. The average molecular weight is 428 g/mol. The van der Waals surface area contributed by atoms with E-state index in [9.17, 15) is 9.59 Å². The molecule has 2 amide bonds. The van der Waals surface area contributed by atoms with Crippen molar-refractivity contribution in [1.82, 2.24) is 24.9 Å². The van der Waals surface area contributed by atoms with Gasteiger partial charge >= 0.3 is 0 Å². The highest BCUT2D eigenvalue weighted by molar-refractivity contribution is 5.94. The molecule has 1 N–H and O–H groups in total. The molecule has 1 aromatic heterocycles. The Morgan fingerprint density at radius 2 is 1.94 bits per heavy atom. The molecule has 1 atom stereocenters. The largest absolute Gasteiger partial charge is 0.343 e. The number of hydrogen-bond donors (Lipinski definition) is 1. The SMILES string of the molecule is C=CCn1nc(C(=O)N2CCCCCC2)c2c1CC[C@@H](NCCCN1CCCC1=O)C2. The van der Waals surface area contributed by atoms with E-state index in [2.05, 4.69) is 11.9 Å². The molecule has 0 aromatic carbocycles. The molecule has 7 nitrogen and oxygen atoms in total. The lowest BCUT2D eigenvalue weighted by molar-refractivity contribution is -0.127. The van der Waals surface area contributed by atoms with Gasteiger partial charge in [-0.1, -0.05) is 18.9 Å². The lowest BCUT2D eigenvalue weighted by Crippen LogP contribution is -2.38. The Morgan fingerprint density at radius 3 is 2.65 bits per heavy atom. The Balaban J connectivity index is 1.39. The first kappa shape index (κ1) is 22.1. The van der Waals surface area contributed by atoms with Crippen molar-refractivity contribution in [3.05, 3.63) is 29.6 Å². The molecule has 2 fully saturated rings. The highest BCUT2D eigenvalue weighted by Crippen LogP contribution is 2.27. The lowest BCUT2D eigenvalue weighted by Gasteiger charge is -2.26. The molecular weight excluding hydrogens is 390 g/mol. The van der Waals surface area contributed by atoms with Crippen LogP contribution in [0.3, 0.4) is 0 Å². The molecule has 3 heterocycles. The predicted octanol–water partition coefficient (Wildman–Crippen LogP) is 2.54. The maximum atomic E-state index is 13.4. The summed E-state index contributed by atoms with van der Waals surface area (Å²) in [6.07, 6.45) is 12.0. The van der Waals surface area contributed by atoms with Gasteiger partial charge in [0.25, 0.3) is 5.91 Å². The molecule has 2 saturated heterocycles. The van der Waals surface area contributed by atoms with E-state index in [0.29, 0.717) is 30.6 Å². The molecule has 31 heavy (non-hydrogen) atoms. The van der Waals surface area contributed by atoms with Gasteiger partial charge < -0.3 is 15.1 Å². The number of carbonyl (C=O) groups excluding carboxylic acids is 2.